The normalized spacial score (nSPS) is 17.3. The predicted octanol–water partition coefficient (Wildman–Crippen LogP) is 3.86. The maximum Gasteiger partial charge on any atom is 0.410 e. The first-order valence-electron chi connectivity index (χ1n) is 8.77. The number of carbonyl (C=O) groups excluding carboxylic acids is 1. The summed E-state index contributed by atoms with van der Waals surface area (Å²) in [5.41, 5.74) is -0.709. The summed E-state index contributed by atoms with van der Waals surface area (Å²) in [6, 6.07) is 5.39. The minimum Gasteiger partial charge on any atom is -0.444 e. The lowest BCUT2D eigenvalue weighted by molar-refractivity contribution is -0.0445. The third-order valence-corrected chi connectivity index (χ3v) is 3.87. The SMILES string of the molecule is CC(C)(C)OC(=O)N1CCO[C@H](c2cc(Oc3cccnn3)cc(F)c2F)C1. The molecule has 9 heteroatoms. The summed E-state index contributed by atoms with van der Waals surface area (Å²) < 4.78 is 44.9. The largest absolute Gasteiger partial charge is 0.444 e. The highest BCUT2D eigenvalue weighted by molar-refractivity contribution is 5.68. The summed E-state index contributed by atoms with van der Waals surface area (Å²) in [7, 11) is 0. The van der Waals surface area contributed by atoms with Crippen LogP contribution in [0.4, 0.5) is 13.6 Å². The summed E-state index contributed by atoms with van der Waals surface area (Å²) in [5, 5.41) is 7.41. The van der Waals surface area contributed by atoms with Gasteiger partial charge >= 0.3 is 6.09 Å². The zero-order valence-electron chi connectivity index (χ0n) is 15.8. The van der Waals surface area contributed by atoms with E-state index in [0.29, 0.717) is 6.54 Å². The van der Waals surface area contributed by atoms with Crippen molar-refractivity contribution in [2.24, 2.45) is 0 Å². The molecule has 2 aromatic rings. The third-order valence-electron chi connectivity index (χ3n) is 3.87. The Morgan fingerprint density at radius 3 is 2.79 bits per heavy atom. The molecule has 3 rings (SSSR count). The Hall–Kier alpha value is -2.81. The number of hydrogen-bond acceptors (Lipinski definition) is 6. The zero-order chi connectivity index (χ0) is 20.3. The Labute approximate surface area is 161 Å². The zero-order valence-corrected chi connectivity index (χ0v) is 15.8. The fraction of sp³-hybridized carbons (Fsp3) is 0.421. The van der Waals surface area contributed by atoms with Gasteiger partial charge in [-0.3, -0.25) is 0 Å². The summed E-state index contributed by atoms with van der Waals surface area (Å²) >= 11 is 0. The van der Waals surface area contributed by atoms with Gasteiger partial charge in [0.2, 0.25) is 5.88 Å². The van der Waals surface area contributed by atoms with Crippen LogP contribution in [0, 0.1) is 11.6 Å². The van der Waals surface area contributed by atoms with E-state index in [2.05, 4.69) is 10.2 Å². The maximum absolute atomic E-state index is 14.4. The van der Waals surface area contributed by atoms with Crippen molar-refractivity contribution in [2.45, 2.75) is 32.5 Å². The molecule has 1 aromatic heterocycles. The van der Waals surface area contributed by atoms with Crippen molar-refractivity contribution in [2.75, 3.05) is 19.7 Å². The lowest BCUT2D eigenvalue weighted by Gasteiger charge is -2.34. The fourth-order valence-corrected chi connectivity index (χ4v) is 2.67. The van der Waals surface area contributed by atoms with E-state index in [-0.39, 0.29) is 30.3 Å². The molecule has 0 saturated carbocycles. The number of rotatable bonds is 3. The van der Waals surface area contributed by atoms with Crippen LogP contribution in [0.5, 0.6) is 11.6 Å². The van der Waals surface area contributed by atoms with Crippen molar-refractivity contribution in [3.63, 3.8) is 0 Å². The van der Waals surface area contributed by atoms with E-state index in [1.807, 2.05) is 0 Å². The molecular weight excluding hydrogens is 372 g/mol. The number of ether oxygens (including phenoxy) is 3. The second-order valence-electron chi connectivity index (χ2n) is 7.26. The molecular formula is C19H21F2N3O4. The van der Waals surface area contributed by atoms with Gasteiger partial charge in [0.25, 0.3) is 0 Å². The van der Waals surface area contributed by atoms with Crippen molar-refractivity contribution in [1.29, 1.82) is 0 Å². The highest BCUT2D eigenvalue weighted by Gasteiger charge is 2.31. The molecule has 0 unspecified atom stereocenters. The van der Waals surface area contributed by atoms with Gasteiger partial charge in [-0.2, -0.15) is 5.10 Å². The molecule has 28 heavy (non-hydrogen) atoms. The Kier molecular flexibility index (Phi) is 5.73. The van der Waals surface area contributed by atoms with E-state index >= 15 is 0 Å². The average Bonchev–Trinajstić information content (AvgIpc) is 2.64. The van der Waals surface area contributed by atoms with Crippen LogP contribution in [-0.2, 0) is 9.47 Å². The van der Waals surface area contributed by atoms with Crippen LogP contribution < -0.4 is 4.74 Å². The van der Waals surface area contributed by atoms with Crippen LogP contribution in [0.3, 0.4) is 0 Å². The Morgan fingerprint density at radius 1 is 1.32 bits per heavy atom. The molecule has 0 bridgehead atoms. The first kappa shape index (κ1) is 19.9. The molecule has 1 aromatic carbocycles. The fourth-order valence-electron chi connectivity index (χ4n) is 2.67. The highest BCUT2D eigenvalue weighted by Crippen LogP contribution is 2.31. The molecule has 0 radical (unpaired) electrons. The lowest BCUT2D eigenvalue weighted by atomic mass is 10.1. The molecule has 1 saturated heterocycles. The number of nitrogens with zero attached hydrogens (tertiary/aromatic N) is 3. The standard InChI is InChI=1S/C19H21F2N3O4/c1-19(2,3)28-18(25)24-7-8-26-15(11-24)13-9-12(10-14(20)17(13)21)27-16-5-4-6-22-23-16/h4-6,9-10,15H,7-8,11H2,1-3H3/t15-/m0/s1. The van der Waals surface area contributed by atoms with Crippen LogP contribution in [0.1, 0.15) is 32.4 Å². The molecule has 0 aliphatic carbocycles. The van der Waals surface area contributed by atoms with Crippen LogP contribution in [0.2, 0.25) is 0 Å². The molecule has 1 fully saturated rings. The average molecular weight is 393 g/mol. The molecule has 2 heterocycles. The van der Waals surface area contributed by atoms with Crippen LogP contribution in [0.15, 0.2) is 30.5 Å². The number of aromatic nitrogens is 2. The Balaban J connectivity index is 1.80. The van der Waals surface area contributed by atoms with Gasteiger partial charge in [0, 0.05) is 30.4 Å². The smallest absolute Gasteiger partial charge is 0.410 e. The quantitative estimate of drug-likeness (QED) is 0.789. The van der Waals surface area contributed by atoms with Crippen molar-refractivity contribution in [3.05, 3.63) is 47.7 Å². The minimum atomic E-state index is -1.09. The van der Waals surface area contributed by atoms with Crippen molar-refractivity contribution in [1.82, 2.24) is 15.1 Å². The summed E-state index contributed by atoms with van der Waals surface area (Å²) in [5.74, 6) is -1.95. The van der Waals surface area contributed by atoms with E-state index in [0.717, 1.165) is 6.07 Å². The number of amides is 1. The van der Waals surface area contributed by atoms with Gasteiger partial charge in [0.15, 0.2) is 11.6 Å². The van der Waals surface area contributed by atoms with Crippen molar-refractivity contribution < 1.29 is 27.8 Å². The predicted molar refractivity (Wildman–Crippen MR) is 95.0 cm³/mol. The second kappa shape index (κ2) is 8.05. The maximum atomic E-state index is 14.4. The van der Waals surface area contributed by atoms with Gasteiger partial charge in [-0.15, -0.1) is 5.10 Å². The summed E-state index contributed by atoms with van der Waals surface area (Å²) in [6.07, 6.45) is 0.0693. The minimum absolute atomic E-state index is 0.0276. The molecule has 0 N–H and O–H groups in total. The van der Waals surface area contributed by atoms with E-state index in [1.54, 1.807) is 26.8 Å². The van der Waals surface area contributed by atoms with Gasteiger partial charge in [0.1, 0.15) is 17.5 Å². The van der Waals surface area contributed by atoms with Gasteiger partial charge < -0.3 is 19.1 Å². The molecule has 1 aliphatic rings. The van der Waals surface area contributed by atoms with Gasteiger partial charge in [0.05, 0.1) is 13.2 Å². The van der Waals surface area contributed by atoms with Gasteiger partial charge in [-0.25, -0.2) is 13.6 Å². The van der Waals surface area contributed by atoms with Crippen LogP contribution >= 0.6 is 0 Å². The topological polar surface area (TPSA) is 73.8 Å². The number of halogens is 2. The number of benzene rings is 1. The van der Waals surface area contributed by atoms with E-state index < -0.39 is 29.4 Å². The molecule has 1 amide bonds. The molecule has 150 valence electrons. The lowest BCUT2D eigenvalue weighted by Crippen LogP contribution is -2.44. The van der Waals surface area contributed by atoms with E-state index in [4.69, 9.17) is 14.2 Å². The van der Waals surface area contributed by atoms with Gasteiger partial charge in [-0.05, 0) is 32.9 Å². The molecule has 7 nitrogen and oxygen atoms in total. The summed E-state index contributed by atoms with van der Waals surface area (Å²) in [6.45, 7) is 5.76. The number of morpholine rings is 1. The molecule has 1 atom stereocenters. The van der Waals surface area contributed by atoms with Gasteiger partial charge in [-0.1, -0.05) is 0 Å². The third kappa shape index (κ3) is 4.92. The number of hydrogen-bond donors (Lipinski definition) is 0. The first-order chi connectivity index (χ1) is 13.2. The van der Waals surface area contributed by atoms with E-state index in [9.17, 15) is 13.6 Å². The molecule has 0 spiro atoms. The Morgan fingerprint density at radius 2 is 2.11 bits per heavy atom. The highest BCUT2D eigenvalue weighted by atomic mass is 19.2. The van der Waals surface area contributed by atoms with Crippen LogP contribution in [-0.4, -0.2) is 46.5 Å². The number of carbonyl (C=O) groups is 1. The van der Waals surface area contributed by atoms with Crippen molar-refractivity contribution in [3.8, 4) is 11.6 Å². The van der Waals surface area contributed by atoms with Crippen molar-refractivity contribution >= 4 is 6.09 Å². The van der Waals surface area contributed by atoms with Crippen LogP contribution in [0.25, 0.3) is 0 Å². The second-order valence-corrected chi connectivity index (χ2v) is 7.26. The molecule has 1 aliphatic heterocycles. The van der Waals surface area contributed by atoms with E-state index in [1.165, 1.54) is 23.2 Å². The summed E-state index contributed by atoms with van der Waals surface area (Å²) in [4.78, 5) is 13.7. The first-order valence-corrected chi connectivity index (χ1v) is 8.77. The Bertz CT molecular complexity index is 843. The monoisotopic (exact) mass is 393 g/mol.